The van der Waals surface area contributed by atoms with E-state index in [1.807, 2.05) is 26.0 Å². The van der Waals surface area contributed by atoms with Crippen molar-refractivity contribution in [1.82, 2.24) is 9.78 Å². The van der Waals surface area contributed by atoms with Crippen LogP contribution >= 0.6 is 27.5 Å². The monoisotopic (exact) mass is 326 g/mol. The fourth-order valence-corrected chi connectivity index (χ4v) is 2.04. The maximum atomic E-state index is 12.3. The second kappa shape index (κ2) is 5.24. The van der Waals surface area contributed by atoms with Crippen molar-refractivity contribution in [1.29, 1.82) is 0 Å². The fourth-order valence-electron chi connectivity index (χ4n) is 1.63. The molecule has 0 bridgehead atoms. The van der Waals surface area contributed by atoms with Gasteiger partial charge < -0.3 is 0 Å². The van der Waals surface area contributed by atoms with Crippen molar-refractivity contribution >= 4 is 33.3 Å². The molecule has 1 atom stereocenters. The Hall–Kier alpha value is -1.13. The lowest BCUT2D eigenvalue weighted by atomic mass is 10.1. The third-order valence-corrected chi connectivity index (χ3v) is 3.66. The summed E-state index contributed by atoms with van der Waals surface area (Å²) in [6.07, 6.45) is 1.68. The van der Waals surface area contributed by atoms with Gasteiger partial charge in [-0.2, -0.15) is 5.10 Å². The zero-order valence-electron chi connectivity index (χ0n) is 10.0. The third kappa shape index (κ3) is 2.65. The number of aryl methyl sites for hydroxylation is 1. The third-order valence-electron chi connectivity index (χ3n) is 2.76. The van der Waals surface area contributed by atoms with Crippen LogP contribution in [0.2, 0.25) is 5.02 Å². The molecule has 1 aromatic heterocycles. The van der Waals surface area contributed by atoms with E-state index in [-0.39, 0.29) is 11.8 Å². The van der Waals surface area contributed by atoms with Crippen LogP contribution < -0.4 is 0 Å². The Morgan fingerprint density at radius 3 is 2.50 bits per heavy atom. The highest BCUT2D eigenvalue weighted by Crippen LogP contribution is 2.20. The molecule has 0 N–H and O–H groups in total. The largest absolute Gasteiger partial charge is 0.292 e. The van der Waals surface area contributed by atoms with Gasteiger partial charge in [0, 0.05) is 16.2 Å². The Bertz CT molecular complexity index is 558. The molecular formula is C13H12BrClN2O. The number of hydrogen-bond donors (Lipinski definition) is 0. The van der Waals surface area contributed by atoms with E-state index in [9.17, 15) is 4.79 Å². The minimum Gasteiger partial charge on any atom is -0.292 e. The minimum absolute atomic E-state index is 0.0154. The maximum absolute atomic E-state index is 12.3. The van der Waals surface area contributed by atoms with Crippen LogP contribution in [0.4, 0.5) is 0 Å². The first-order valence-corrected chi connectivity index (χ1v) is 6.67. The van der Waals surface area contributed by atoms with E-state index < -0.39 is 0 Å². The molecule has 0 aliphatic carbocycles. The van der Waals surface area contributed by atoms with Gasteiger partial charge in [-0.15, -0.1) is 0 Å². The number of hydrogen-bond acceptors (Lipinski definition) is 2. The molecule has 0 saturated heterocycles. The van der Waals surface area contributed by atoms with E-state index >= 15 is 0 Å². The average Bonchev–Trinajstić information content (AvgIpc) is 2.69. The van der Waals surface area contributed by atoms with Crippen LogP contribution in [0.1, 0.15) is 29.0 Å². The van der Waals surface area contributed by atoms with E-state index in [4.69, 9.17) is 11.6 Å². The first kappa shape index (κ1) is 13.3. The number of ketones is 1. The molecule has 0 fully saturated rings. The van der Waals surface area contributed by atoms with Crippen molar-refractivity contribution in [3.05, 3.63) is 51.2 Å². The summed E-state index contributed by atoms with van der Waals surface area (Å²) >= 11 is 9.29. The zero-order valence-corrected chi connectivity index (χ0v) is 12.4. The molecule has 1 aromatic carbocycles. The Morgan fingerprint density at radius 2 is 2.00 bits per heavy atom. The topological polar surface area (TPSA) is 34.9 Å². The second-order valence-electron chi connectivity index (χ2n) is 4.09. The van der Waals surface area contributed by atoms with Gasteiger partial charge in [-0.3, -0.25) is 9.48 Å². The minimum atomic E-state index is -0.364. The Kier molecular flexibility index (Phi) is 3.88. The van der Waals surface area contributed by atoms with E-state index in [1.54, 1.807) is 23.0 Å². The van der Waals surface area contributed by atoms with Crippen LogP contribution in [-0.2, 0) is 0 Å². The maximum Gasteiger partial charge on any atom is 0.187 e. The summed E-state index contributed by atoms with van der Waals surface area (Å²) in [5, 5.41) is 4.80. The quantitative estimate of drug-likeness (QED) is 0.797. The highest BCUT2D eigenvalue weighted by atomic mass is 79.9. The van der Waals surface area contributed by atoms with Crippen LogP contribution in [0.3, 0.4) is 0 Å². The van der Waals surface area contributed by atoms with Gasteiger partial charge >= 0.3 is 0 Å². The van der Waals surface area contributed by atoms with E-state index in [0.717, 1.165) is 10.2 Å². The van der Waals surface area contributed by atoms with Gasteiger partial charge in [0.1, 0.15) is 6.04 Å². The summed E-state index contributed by atoms with van der Waals surface area (Å²) in [5.74, 6) is 0.0154. The van der Waals surface area contributed by atoms with Crippen LogP contribution in [0.15, 0.2) is 34.9 Å². The van der Waals surface area contributed by atoms with Crippen LogP contribution in [0, 0.1) is 6.92 Å². The van der Waals surface area contributed by atoms with E-state index in [2.05, 4.69) is 21.0 Å². The molecule has 0 saturated carbocycles. The number of carbonyl (C=O) groups excluding carboxylic acids is 1. The first-order chi connectivity index (χ1) is 8.49. The standard InChI is InChI=1S/C13H12BrClN2O/c1-8-12(15)7-17(16-8)9(2)13(18)10-3-5-11(14)6-4-10/h3-7,9H,1-2H3. The molecule has 0 aliphatic heterocycles. The molecule has 18 heavy (non-hydrogen) atoms. The van der Waals surface area contributed by atoms with Crippen molar-refractivity contribution in [3.8, 4) is 0 Å². The molecule has 0 radical (unpaired) electrons. The van der Waals surface area contributed by atoms with Crippen molar-refractivity contribution in [2.45, 2.75) is 19.9 Å². The SMILES string of the molecule is Cc1nn(C(C)C(=O)c2ccc(Br)cc2)cc1Cl. The summed E-state index contributed by atoms with van der Waals surface area (Å²) in [4.78, 5) is 12.3. The van der Waals surface area contributed by atoms with E-state index in [1.165, 1.54) is 0 Å². The molecule has 0 spiro atoms. The predicted molar refractivity (Wildman–Crippen MR) is 75.2 cm³/mol. The number of halogens is 2. The molecule has 3 nitrogen and oxygen atoms in total. The highest BCUT2D eigenvalue weighted by Gasteiger charge is 2.18. The number of carbonyl (C=O) groups is 1. The molecule has 0 aliphatic rings. The Balaban J connectivity index is 2.26. The first-order valence-electron chi connectivity index (χ1n) is 5.50. The number of aromatic nitrogens is 2. The highest BCUT2D eigenvalue weighted by molar-refractivity contribution is 9.10. The summed E-state index contributed by atoms with van der Waals surface area (Å²) < 4.78 is 2.55. The molecule has 5 heteroatoms. The lowest BCUT2D eigenvalue weighted by Crippen LogP contribution is -2.17. The average molecular weight is 328 g/mol. The van der Waals surface area contributed by atoms with Gasteiger partial charge in [0.05, 0.1) is 10.7 Å². The number of nitrogens with zero attached hydrogens (tertiary/aromatic N) is 2. The van der Waals surface area contributed by atoms with E-state index in [0.29, 0.717) is 10.6 Å². The molecule has 1 heterocycles. The number of rotatable bonds is 3. The molecule has 1 unspecified atom stereocenters. The van der Waals surface area contributed by atoms with Gasteiger partial charge in [-0.25, -0.2) is 0 Å². The van der Waals surface area contributed by atoms with Crippen LogP contribution in [0.5, 0.6) is 0 Å². The normalized spacial score (nSPS) is 12.4. The van der Waals surface area contributed by atoms with Crippen LogP contribution in [0.25, 0.3) is 0 Å². The lowest BCUT2D eigenvalue weighted by Gasteiger charge is -2.11. The molecule has 2 aromatic rings. The van der Waals surface area contributed by atoms with Crippen molar-refractivity contribution in [3.63, 3.8) is 0 Å². The smallest absolute Gasteiger partial charge is 0.187 e. The van der Waals surface area contributed by atoms with Gasteiger partial charge in [0.2, 0.25) is 0 Å². The molecule has 94 valence electrons. The van der Waals surface area contributed by atoms with Crippen LogP contribution in [-0.4, -0.2) is 15.6 Å². The Labute approximate surface area is 119 Å². The summed E-state index contributed by atoms with van der Waals surface area (Å²) in [6, 6.07) is 6.92. The molecular weight excluding hydrogens is 316 g/mol. The summed E-state index contributed by atoms with van der Waals surface area (Å²) in [6.45, 7) is 3.63. The summed E-state index contributed by atoms with van der Waals surface area (Å²) in [7, 11) is 0. The fraction of sp³-hybridized carbons (Fsp3) is 0.231. The number of Topliss-reactive ketones (excluding diaryl/α,β-unsaturated/α-hetero) is 1. The van der Waals surface area contributed by atoms with Crippen molar-refractivity contribution in [2.24, 2.45) is 0 Å². The van der Waals surface area contributed by atoms with Gasteiger partial charge in [-0.1, -0.05) is 39.7 Å². The summed E-state index contributed by atoms with van der Waals surface area (Å²) in [5.41, 5.74) is 1.39. The van der Waals surface area contributed by atoms with Crippen molar-refractivity contribution in [2.75, 3.05) is 0 Å². The number of benzene rings is 1. The second-order valence-corrected chi connectivity index (χ2v) is 5.41. The van der Waals surface area contributed by atoms with Crippen molar-refractivity contribution < 1.29 is 4.79 Å². The van der Waals surface area contributed by atoms with Gasteiger partial charge in [-0.05, 0) is 26.0 Å². The zero-order chi connectivity index (χ0) is 13.3. The van der Waals surface area contributed by atoms with Gasteiger partial charge in [0.25, 0.3) is 0 Å². The predicted octanol–water partition coefficient (Wildman–Crippen LogP) is 4.05. The molecule has 0 amide bonds. The van der Waals surface area contributed by atoms with Gasteiger partial charge in [0.15, 0.2) is 5.78 Å². The lowest BCUT2D eigenvalue weighted by molar-refractivity contribution is 0.0928. The molecule has 2 rings (SSSR count). The Morgan fingerprint density at radius 1 is 1.39 bits per heavy atom.